The van der Waals surface area contributed by atoms with E-state index in [1.807, 2.05) is 10.6 Å². The maximum Gasteiger partial charge on any atom is 0.328 e. The van der Waals surface area contributed by atoms with Crippen LogP contribution in [0.5, 0.6) is 0 Å². The summed E-state index contributed by atoms with van der Waals surface area (Å²) in [5.74, 6) is -3.06. The SMILES string of the molecule is CN(C)C1=C(O)C(=C2C(=O)NC(=O)NC2=O)C1=O. The summed E-state index contributed by atoms with van der Waals surface area (Å²) in [5.41, 5.74) is -0.918. The number of ketones is 1. The topological polar surface area (TPSA) is 116 Å². The average Bonchev–Trinajstić information content (AvgIpc) is 2.22. The summed E-state index contributed by atoms with van der Waals surface area (Å²) in [5, 5.41) is 13.3. The highest BCUT2D eigenvalue weighted by atomic mass is 16.3. The van der Waals surface area contributed by atoms with E-state index in [-0.39, 0.29) is 11.3 Å². The van der Waals surface area contributed by atoms with Crippen molar-refractivity contribution in [1.29, 1.82) is 0 Å². The van der Waals surface area contributed by atoms with E-state index < -0.39 is 35.0 Å². The first-order chi connectivity index (χ1) is 8.34. The van der Waals surface area contributed by atoms with Crippen LogP contribution in [0.1, 0.15) is 0 Å². The number of barbiturate groups is 1. The van der Waals surface area contributed by atoms with Crippen LogP contribution in [0.25, 0.3) is 0 Å². The molecule has 0 bridgehead atoms. The van der Waals surface area contributed by atoms with Crippen LogP contribution in [0, 0.1) is 0 Å². The molecule has 0 saturated carbocycles. The molecule has 0 aromatic heterocycles. The smallest absolute Gasteiger partial charge is 0.328 e. The molecule has 4 amide bonds. The summed E-state index contributed by atoms with van der Waals surface area (Å²) < 4.78 is 0. The summed E-state index contributed by atoms with van der Waals surface area (Å²) >= 11 is 0. The Morgan fingerprint density at radius 3 is 1.83 bits per heavy atom. The molecule has 18 heavy (non-hydrogen) atoms. The zero-order chi connectivity index (χ0) is 13.6. The molecule has 1 aliphatic heterocycles. The van der Waals surface area contributed by atoms with Crippen molar-refractivity contribution in [3.8, 4) is 0 Å². The van der Waals surface area contributed by atoms with Gasteiger partial charge >= 0.3 is 6.03 Å². The van der Waals surface area contributed by atoms with E-state index >= 15 is 0 Å². The van der Waals surface area contributed by atoms with Crippen molar-refractivity contribution in [2.24, 2.45) is 0 Å². The zero-order valence-corrected chi connectivity index (χ0v) is 9.53. The molecule has 1 fully saturated rings. The van der Waals surface area contributed by atoms with E-state index in [1.54, 1.807) is 0 Å². The van der Waals surface area contributed by atoms with Crippen molar-refractivity contribution in [3.63, 3.8) is 0 Å². The van der Waals surface area contributed by atoms with Gasteiger partial charge in [-0.15, -0.1) is 0 Å². The van der Waals surface area contributed by atoms with Crippen molar-refractivity contribution in [1.82, 2.24) is 15.5 Å². The predicted octanol–water partition coefficient (Wildman–Crippen LogP) is -1.44. The summed E-state index contributed by atoms with van der Waals surface area (Å²) in [7, 11) is 3.07. The van der Waals surface area contributed by atoms with Gasteiger partial charge in [0.25, 0.3) is 11.8 Å². The van der Waals surface area contributed by atoms with Gasteiger partial charge in [0.1, 0.15) is 11.3 Å². The summed E-state index contributed by atoms with van der Waals surface area (Å²) in [4.78, 5) is 46.9. The number of likely N-dealkylation sites (N-methyl/N-ethyl adjacent to an activating group) is 1. The number of Topliss-reactive ketones (excluding diaryl/α,β-unsaturated/α-hetero) is 1. The first kappa shape index (κ1) is 11.8. The molecule has 1 aliphatic carbocycles. The molecule has 2 aliphatic rings. The maximum atomic E-state index is 11.7. The monoisotopic (exact) mass is 251 g/mol. The van der Waals surface area contributed by atoms with Gasteiger partial charge in [-0.3, -0.25) is 25.0 Å². The minimum atomic E-state index is -1.00. The fraction of sp³-hybridized carbons (Fsp3) is 0.200. The molecular formula is C10H9N3O5. The number of carbonyl (C=O) groups excluding carboxylic acids is 4. The van der Waals surface area contributed by atoms with Gasteiger partial charge in [0.15, 0.2) is 5.76 Å². The number of amides is 4. The van der Waals surface area contributed by atoms with Crippen molar-refractivity contribution in [2.45, 2.75) is 0 Å². The Kier molecular flexibility index (Phi) is 2.43. The Hall–Kier alpha value is -2.64. The number of imide groups is 2. The summed E-state index contributed by atoms with van der Waals surface area (Å²) in [6.07, 6.45) is 0. The molecule has 0 aromatic carbocycles. The van der Waals surface area contributed by atoms with Crippen LogP contribution in [0.4, 0.5) is 4.79 Å². The van der Waals surface area contributed by atoms with Gasteiger partial charge in [-0.25, -0.2) is 4.79 Å². The normalized spacial score (nSPS) is 19.7. The molecule has 1 heterocycles. The van der Waals surface area contributed by atoms with Gasteiger partial charge < -0.3 is 10.0 Å². The predicted molar refractivity (Wildman–Crippen MR) is 57.1 cm³/mol. The molecule has 2 rings (SSSR count). The lowest BCUT2D eigenvalue weighted by molar-refractivity contribution is -0.125. The van der Waals surface area contributed by atoms with E-state index in [4.69, 9.17) is 0 Å². The second kappa shape index (κ2) is 3.69. The van der Waals surface area contributed by atoms with E-state index in [1.165, 1.54) is 19.0 Å². The Labute approximate surface area is 101 Å². The third-order valence-electron chi connectivity index (χ3n) is 2.51. The lowest BCUT2D eigenvalue weighted by Crippen LogP contribution is -2.53. The minimum Gasteiger partial charge on any atom is -0.505 e. The Morgan fingerprint density at radius 1 is 0.944 bits per heavy atom. The summed E-state index contributed by atoms with van der Waals surface area (Å²) in [6, 6.07) is -0.961. The second-order valence-electron chi connectivity index (χ2n) is 3.91. The van der Waals surface area contributed by atoms with Gasteiger partial charge in [0.05, 0.1) is 5.57 Å². The number of hydrogen-bond acceptors (Lipinski definition) is 6. The molecule has 0 atom stereocenters. The van der Waals surface area contributed by atoms with Gasteiger partial charge in [-0.1, -0.05) is 0 Å². The van der Waals surface area contributed by atoms with E-state index in [9.17, 15) is 24.3 Å². The van der Waals surface area contributed by atoms with Crippen LogP contribution >= 0.6 is 0 Å². The molecule has 94 valence electrons. The highest BCUT2D eigenvalue weighted by Gasteiger charge is 2.43. The number of aliphatic hydroxyl groups is 1. The van der Waals surface area contributed by atoms with Crippen molar-refractivity contribution in [3.05, 3.63) is 22.6 Å². The molecule has 0 spiro atoms. The van der Waals surface area contributed by atoms with Gasteiger partial charge in [0.2, 0.25) is 5.78 Å². The van der Waals surface area contributed by atoms with Crippen LogP contribution in [-0.4, -0.2) is 47.7 Å². The lowest BCUT2D eigenvalue weighted by Gasteiger charge is -2.28. The number of allylic oxidation sites excluding steroid dienone is 2. The minimum absolute atomic E-state index is 0.00926. The van der Waals surface area contributed by atoms with E-state index in [0.29, 0.717) is 0 Å². The van der Waals surface area contributed by atoms with E-state index in [2.05, 4.69) is 0 Å². The maximum absolute atomic E-state index is 11.7. The first-order valence-corrected chi connectivity index (χ1v) is 4.91. The lowest BCUT2D eigenvalue weighted by atomic mass is 9.87. The molecular weight excluding hydrogens is 242 g/mol. The second-order valence-corrected chi connectivity index (χ2v) is 3.91. The summed E-state index contributed by atoms with van der Waals surface area (Å²) in [6.45, 7) is 0. The number of urea groups is 1. The molecule has 0 unspecified atom stereocenters. The fourth-order valence-electron chi connectivity index (χ4n) is 1.73. The largest absolute Gasteiger partial charge is 0.505 e. The molecule has 8 heteroatoms. The van der Waals surface area contributed by atoms with Crippen molar-refractivity contribution < 1.29 is 24.3 Å². The van der Waals surface area contributed by atoms with Crippen LogP contribution < -0.4 is 10.6 Å². The van der Waals surface area contributed by atoms with Gasteiger partial charge in [0, 0.05) is 14.1 Å². The number of nitrogens with zero attached hydrogens (tertiary/aromatic N) is 1. The highest BCUT2D eigenvalue weighted by molar-refractivity contribution is 6.35. The van der Waals surface area contributed by atoms with Crippen LogP contribution in [0.3, 0.4) is 0 Å². The van der Waals surface area contributed by atoms with Crippen LogP contribution in [0.2, 0.25) is 0 Å². The quantitative estimate of drug-likeness (QED) is 0.388. The Morgan fingerprint density at radius 2 is 1.44 bits per heavy atom. The average molecular weight is 251 g/mol. The number of carbonyl (C=O) groups is 4. The van der Waals surface area contributed by atoms with Crippen molar-refractivity contribution >= 4 is 23.6 Å². The Bertz CT molecular complexity index is 548. The molecule has 8 nitrogen and oxygen atoms in total. The van der Waals surface area contributed by atoms with Crippen LogP contribution in [0.15, 0.2) is 22.6 Å². The fourth-order valence-corrected chi connectivity index (χ4v) is 1.73. The number of hydrogen-bond donors (Lipinski definition) is 3. The molecule has 3 N–H and O–H groups in total. The first-order valence-electron chi connectivity index (χ1n) is 4.91. The third-order valence-corrected chi connectivity index (χ3v) is 2.51. The molecule has 0 radical (unpaired) electrons. The third kappa shape index (κ3) is 1.46. The standard InChI is InChI=1S/C10H9N3O5/c1-13(2)5-6(14)3(7(5)15)4-8(16)11-10(18)12-9(4)17/h14H,1-2H3,(H2,11,12,16,17,18). The number of nitrogens with one attached hydrogen (secondary N) is 2. The van der Waals surface area contributed by atoms with Gasteiger partial charge in [-0.2, -0.15) is 0 Å². The molecule has 0 aromatic rings. The number of rotatable bonds is 1. The van der Waals surface area contributed by atoms with Gasteiger partial charge in [-0.05, 0) is 0 Å². The highest BCUT2D eigenvalue weighted by Crippen LogP contribution is 2.32. The zero-order valence-electron chi connectivity index (χ0n) is 9.53. The number of aliphatic hydroxyl groups excluding tert-OH is 1. The van der Waals surface area contributed by atoms with Crippen molar-refractivity contribution in [2.75, 3.05) is 14.1 Å². The molecule has 1 saturated heterocycles. The van der Waals surface area contributed by atoms with E-state index in [0.717, 1.165) is 0 Å². The van der Waals surface area contributed by atoms with Crippen LogP contribution in [-0.2, 0) is 14.4 Å². The Balaban J connectivity index is 2.52.